The van der Waals surface area contributed by atoms with Gasteiger partial charge in [0, 0.05) is 42.1 Å². The Kier molecular flexibility index (Phi) is 6.60. The Labute approximate surface area is 179 Å². The van der Waals surface area contributed by atoms with Gasteiger partial charge in [-0.25, -0.2) is 8.42 Å². The minimum absolute atomic E-state index is 0.0722. The Morgan fingerprint density at radius 1 is 1.17 bits per heavy atom. The summed E-state index contributed by atoms with van der Waals surface area (Å²) in [6, 6.07) is 7.98. The van der Waals surface area contributed by atoms with Crippen molar-refractivity contribution >= 4 is 37.5 Å². The monoisotopic (exact) mass is 481 g/mol. The molecule has 0 spiro atoms. The van der Waals surface area contributed by atoms with Gasteiger partial charge in [-0.15, -0.1) is 0 Å². The largest absolute Gasteiger partial charge is 0.311 e. The third kappa shape index (κ3) is 4.46. The van der Waals surface area contributed by atoms with E-state index in [2.05, 4.69) is 15.9 Å². The molecule has 0 N–H and O–H groups in total. The molecule has 3 rings (SSSR count). The van der Waals surface area contributed by atoms with Gasteiger partial charge in [0.15, 0.2) is 0 Å². The maximum atomic E-state index is 12.9. The quantitative estimate of drug-likeness (QED) is 0.634. The van der Waals surface area contributed by atoms with Crippen LogP contribution in [0.5, 0.6) is 0 Å². The highest BCUT2D eigenvalue weighted by Gasteiger charge is 2.27. The number of aromatic nitrogens is 1. The van der Waals surface area contributed by atoms with E-state index in [1.165, 1.54) is 14.9 Å². The Hall–Kier alpha value is -1.97. The van der Waals surface area contributed by atoms with Crippen molar-refractivity contribution in [2.24, 2.45) is 0 Å². The number of benzene rings is 1. The summed E-state index contributed by atoms with van der Waals surface area (Å²) in [6.45, 7) is 4.89. The lowest BCUT2D eigenvalue weighted by atomic mass is 10.0. The highest BCUT2D eigenvalue weighted by atomic mass is 79.9. The van der Waals surface area contributed by atoms with Crippen molar-refractivity contribution in [3.63, 3.8) is 0 Å². The zero-order chi connectivity index (χ0) is 21.2. The number of sulfonamides is 1. The van der Waals surface area contributed by atoms with Crippen LogP contribution in [-0.4, -0.2) is 42.8 Å². The Bertz CT molecular complexity index is 1080. The molecule has 2 aromatic rings. The molecule has 1 aromatic heterocycles. The fourth-order valence-corrected chi connectivity index (χ4v) is 5.45. The number of hydrogen-bond donors (Lipinski definition) is 0. The summed E-state index contributed by atoms with van der Waals surface area (Å²) in [5.74, 6) is -0.203. The maximum absolute atomic E-state index is 12.9. The Morgan fingerprint density at radius 2 is 1.90 bits per heavy atom. The molecule has 0 aliphatic carbocycles. The van der Waals surface area contributed by atoms with Crippen LogP contribution in [0, 0.1) is 0 Å². The van der Waals surface area contributed by atoms with Crippen molar-refractivity contribution in [3.05, 3.63) is 56.9 Å². The second-order valence-corrected chi connectivity index (χ2v) is 9.70. The lowest BCUT2D eigenvalue weighted by Gasteiger charge is -2.30. The van der Waals surface area contributed by atoms with Gasteiger partial charge in [-0.2, -0.15) is 4.31 Å². The molecule has 29 heavy (non-hydrogen) atoms. The van der Waals surface area contributed by atoms with Crippen LogP contribution in [-0.2, 0) is 27.8 Å². The molecule has 1 aliphatic heterocycles. The number of carbonyl (C=O) groups is 1. The highest BCUT2D eigenvalue weighted by Crippen LogP contribution is 2.30. The molecule has 0 saturated heterocycles. The lowest BCUT2D eigenvalue weighted by Crippen LogP contribution is -2.39. The van der Waals surface area contributed by atoms with Crippen molar-refractivity contribution in [1.29, 1.82) is 0 Å². The molecule has 9 heteroatoms. The van der Waals surface area contributed by atoms with Crippen LogP contribution in [0.15, 0.2) is 50.7 Å². The molecule has 0 saturated carbocycles. The van der Waals surface area contributed by atoms with Gasteiger partial charge < -0.3 is 9.47 Å². The molecule has 2 heterocycles. The van der Waals surface area contributed by atoms with E-state index < -0.39 is 10.0 Å². The topological polar surface area (TPSA) is 79.7 Å². The van der Waals surface area contributed by atoms with Gasteiger partial charge in [0.1, 0.15) is 6.54 Å². The summed E-state index contributed by atoms with van der Waals surface area (Å²) in [4.78, 5) is 26.8. The molecule has 0 atom stereocenters. The molecule has 156 valence electrons. The standard InChI is InChI=1S/C20H24BrN3O4S/c1-3-23(4-2)29(27,28)17-8-9-18-15(12-17)6-5-11-24(18)20(26)14-22-13-16(21)7-10-19(22)25/h7-10,12-13H,3-6,11,14H2,1-2H3. The van der Waals surface area contributed by atoms with Crippen molar-refractivity contribution in [2.75, 3.05) is 24.5 Å². The van der Waals surface area contributed by atoms with Crippen LogP contribution in [0.4, 0.5) is 5.69 Å². The number of hydrogen-bond acceptors (Lipinski definition) is 4. The molecule has 1 amide bonds. The van der Waals surface area contributed by atoms with Gasteiger partial charge >= 0.3 is 0 Å². The van der Waals surface area contributed by atoms with Crippen molar-refractivity contribution in [2.45, 2.75) is 38.1 Å². The van der Waals surface area contributed by atoms with Gasteiger partial charge in [0.2, 0.25) is 15.9 Å². The zero-order valence-corrected chi connectivity index (χ0v) is 18.9. The number of pyridine rings is 1. The average molecular weight is 482 g/mol. The first-order valence-electron chi connectivity index (χ1n) is 9.57. The lowest BCUT2D eigenvalue weighted by molar-refractivity contribution is -0.119. The fourth-order valence-electron chi connectivity index (χ4n) is 3.56. The van der Waals surface area contributed by atoms with E-state index in [0.717, 1.165) is 16.5 Å². The van der Waals surface area contributed by atoms with Gasteiger partial charge in [0.25, 0.3) is 5.56 Å². The van der Waals surface area contributed by atoms with Crippen LogP contribution in [0.1, 0.15) is 25.8 Å². The van der Waals surface area contributed by atoms with Crippen molar-refractivity contribution < 1.29 is 13.2 Å². The number of amides is 1. The van der Waals surface area contributed by atoms with Gasteiger partial charge in [-0.1, -0.05) is 13.8 Å². The number of fused-ring (bicyclic) bond motifs is 1. The SMILES string of the molecule is CCN(CC)S(=O)(=O)c1ccc2c(c1)CCCN2C(=O)Cn1cc(Br)ccc1=O. The van der Waals surface area contributed by atoms with E-state index >= 15 is 0 Å². The molecule has 7 nitrogen and oxygen atoms in total. The van der Waals surface area contributed by atoms with Crippen molar-refractivity contribution in [1.82, 2.24) is 8.87 Å². The first-order valence-corrected chi connectivity index (χ1v) is 11.8. The number of rotatable bonds is 6. The summed E-state index contributed by atoms with van der Waals surface area (Å²) in [6.07, 6.45) is 3.03. The number of carbonyl (C=O) groups excluding carboxylic acids is 1. The molecule has 0 unspecified atom stereocenters. The van der Waals surface area contributed by atoms with Gasteiger partial charge in [-0.05, 0) is 58.6 Å². The Balaban J connectivity index is 1.90. The second kappa shape index (κ2) is 8.81. The van der Waals surface area contributed by atoms with E-state index in [4.69, 9.17) is 0 Å². The summed E-state index contributed by atoms with van der Waals surface area (Å²) in [7, 11) is -3.55. The normalized spacial score (nSPS) is 14.1. The minimum Gasteiger partial charge on any atom is -0.311 e. The molecule has 1 aromatic carbocycles. The van der Waals surface area contributed by atoms with E-state index in [-0.39, 0.29) is 22.9 Å². The molecular weight excluding hydrogens is 458 g/mol. The van der Waals surface area contributed by atoms with E-state index in [1.807, 2.05) is 13.8 Å². The molecular formula is C20H24BrN3O4S. The highest BCUT2D eigenvalue weighted by molar-refractivity contribution is 9.10. The van der Waals surface area contributed by atoms with Crippen LogP contribution >= 0.6 is 15.9 Å². The molecule has 0 fully saturated rings. The fraction of sp³-hybridized carbons (Fsp3) is 0.400. The minimum atomic E-state index is -3.55. The Morgan fingerprint density at radius 3 is 2.59 bits per heavy atom. The third-order valence-electron chi connectivity index (χ3n) is 5.07. The second-order valence-electron chi connectivity index (χ2n) is 6.84. The summed E-state index contributed by atoms with van der Waals surface area (Å²) in [5.41, 5.74) is 1.29. The third-order valence-corrected chi connectivity index (χ3v) is 7.58. The smallest absolute Gasteiger partial charge is 0.251 e. The van der Waals surface area contributed by atoms with Crippen LogP contribution < -0.4 is 10.5 Å². The van der Waals surface area contributed by atoms with Crippen LogP contribution in [0.3, 0.4) is 0 Å². The number of anilines is 1. The van der Waals surface area contributed by atoms with Crippen LogP contribution in [0.2, 0.25) is 0 Å². The first kappa shape index (κ1) is 21.7. The summed E-state index contributed by atoms with van der Waals surface area (Å²) < 4.78 is 29.1. The van der Waals surface area contributed by atoms with E-state index in [1.54, 1.807) is 35.4 Å². The molecule has 0 radical (unpaired) electrons. The predicted molar refractivity (Wildman–Crippen MR) is 116 cm³/mol. The zero-order valence-electron chi connectivity index (χ0n) is 16.5. The van der Waals surface area contributed by atoms with Gasteiger partial charge in [0.05, 0.1) is 4.90 Å². The molecule has 0 bridgehead atoms. The van der Waals surface area contributed by atoms with E-state index in [9.17, 15) is 18.0 Å². The van der Waals surface area contributed by atoms with Crippen molar-refractivity contribution in [3.8, 4) is 0 Å². The van der Waals surface area contributed by atoms with Crippen LogP contribution in [0.25, 0.3) is 0 Å². The number of halogens is 1. The maximum Gasteiger partial charge on any atom is 0.251 e. The summed E-state index contributed by atoms with van der Waals surface area (Å²) in [5, 5.41) is 0. The average Bonchev–Trinajstić information content (AvgIpc) is 2.70. The summed E-state index contributed by atoms with van der Waals surface area (Å²) >= 11 is 3.31. The van der Waals surface area contributed by atoms with Gasteiger partial charge in [-0.3, -0.25) is 9.59 Å². The predicted octanol–water partition coefficient (Wildman–Crippen LogP) is 2.62. The number of aryl methyl sites for hydroxylation is 1. The first-order chi connectivity index (χ1) is 13.8. The van der Waals surface area contributed by atoms with E-state index in [0.29, 0.717) is 31.7 Å². The number of nitrogens with zero attached hydrogens (tertiary/aromatic N) is 3. The molecule has 1 aliphatic rings.